The molecule has 5 rings (SSSR count). The average molecular weight is 379 g/mol. The van der Waals surface area contributed by atoms with Crippen LogP contribution < -0.4 is 0 Å². The maximum Gasteiger partial charge on any atom is 0.292 e. The minimum Gasteiger partial charge on any atom is -0.438 e. The number of amides is 1. The molecule has 0 bridgehead atoms. The number of thiazole rings is 1. The number of carbonyl (C=O) groups is 1. The summed E-state index contributed by atoms with van der Waals surface area (Å²) < 4.78 is 6.48. The van der Waals surface area contributed by atoms with E-state index in [-0.39, 0.29) is 17.7 Å². The zero-order valence-electron chi connectivity index (χ0n) is 14.7. The van der Waals surface area contributed by atoms with Crippen LogP contribution >= 0.6 is 11.3 Å². The number of nitrogens with one attached hydrogen (secondary N) is 1. The Labute approximate surface area is 159 Å². The number of hydrogen-bond acceptors (Lipinski definition) is 6. The Morgan fingerprint density at radius 2 is 2.22 bits per heavy atom. The van der Waals surface area contributed by atoms with Gasteiger partial charge in [-0.15, -0.1) is 11.3 Å². The van der Waals surface area contributed by atoms with Gasteiger partial charge in [0.2, 0.25) is 5.76 Å². The van der Waals surface area contributed by atoms with Gasteiger partial charge in [-0.05, 0) is 31.9 Å². The lowest BCUT2D eigenvalue weighted by Gasteiger charge is -2.27. The first-order valence-corrected chi connectivity index (χ1v) is 9.62. The number of fused-ring (bicyclic) bond motifs is 2. The summed E-state index contributed by atoms with van der Waals surface area (Å²) in [5, 5.41) is 0.858. The van der Waals surface area contributed by atoms with Gasteiger partial charge < -0.3 is 14.3 Å². The largest absolute Gasteiger partial charge is 0.438 e. The molecule has 4 heterocycles. The van der Waals surface area contributed by atoms with Crippen molar-refractivity contribution in [2.75, 3.05) is 6.54 Å². The summed E-state index contributed by atoms with van der Waals surface area (Å²) in [4.78, 5) is 31.8. The first-order valence-electron chi connectivity index (χ1n) is 8.81. The topological polar surface area (TPSA) is 87.9 Å². The van der Waals surface area contributed by atoms with Gasteiger partial charge in [0.15, 0.2) is 6.39 Å². The third kappa shape index (κ3) is 2.64. The number of hydrogen-bond donors (Lipinski definition) is 1. The van der Waals surface area contributed by atoms with Crippen molar-refractivity contribution in [3.63, 3.8) is 0 Å². The summed E-state index contributed by atoms with van der Waals surface area (Å²) in [6, 6.07) is 7.66. The van der Waals surface area contributed by atoms with Crippen LogP contribution in [0.2, 0.25) is 0 Å². The zero-order valence-corrected chi connectivity index (χ0v) is 15.5. The van der Waals surface area contributed by atoms with Crippen molar-refractivity contribution in [2.45, 2.75) is 25.8 Å². The number of benzene rings is 1. The third-order valence-electron chi connectivity index (χ3n) is 4.89. The van der Waals surface area contributed by atoms with Crippen LogP contribution in [0.25, 0.3) is 10.2 Å². The summed E-state index contributed by atoms with van der Waals surface area (Å²) in [5.41, 5.74) is 3.44. The smallest absolute Gasteiger partial charge is 0.292 e. The third-order valence-corrected chi connectivity index (χ3v) is 5.98. The summed E-state index contributed by atoms with van der Waals surface area (Å²) in [7, 11) is 0. The molecule has 1 aliphatic rings. The van der Waals surface area contributed by atoms with Gasteiger partial charge in [0.05, 0.1) is 27.9 Å². The molecule has 4 aromatic rings. The highest BCUT2D eigenvalue weighted by Gasteiger charge is 2.36. The van der Waals surface area contributed by atoms with E-state index in [0.717, 1.165) is 39.5 Å². The number of imidazole rings is 1. The van der Waals surface area contributed by atoms with Crippen molar-refractivity contribution in [3.05, 3.63) is 64.8 Å². The Balaban J connectivity index is 1.66. The molecule has 1 atom stereocenters. The molecule has 136 valence electrons. The van der Waals surface area contributed by atoms with Crippen molar-refractivity contribution in [2.24, 2.45) is 0 Å². The fourth-order valence-electron chi connectivity index (χ4n) is 3.58. The molecule has 1 aliphatic heterocycles. The van der Waals surface area contributed by atoms with E-state index < -0.39 is 0 Å². The van der Waals surface area contributed by atoms with Gasteiger partial charge in [-0.3, -0.25) is 4.79 Å². The van der Waals surface area contributed by atoms with Crippen molar-refractivity contribution >= 4 is 27.5 Å². The van der Waals surface area contributed by atoms with Crippen LogP contribution in [-0.2, 0) is 6.42 Å². The quantitative estimate of drug-likeness (QED) is 0.576. The zero-order chi connectivity index (χ0) is 18.4. The highest BCUT2D eigenvalue weighted by atomic mass is 32.1. The second-order valence-corrected chi connectivity index (χ2v) is 7.62. The molecule has 1 N–H and O–H groups in total. The van der Waals surface area contributed by atoms with Crippen molar-refractivity contribution in [3.8, 4) is 0 Å². The van der Waals surface area contributed by atoms with E-state index in [0.29, 0.717) is 12.2 Å². The Kier molecular flexibility index (Phi) is 3.78. The van der Waals surface area contributed by atoms with Gasteiger partial charge in [0.25, 0.3) is 5.91 Å². The molecule has 8 heteroatoms. The van der Waals surface area contributed by atoms with Crippen LogP contribution in [-0.4, -0.2) is 37.3 Å². The molecule has 0 spiro atoms. The number of rotatable bonds is 2. The number of oxazole rings is 1. The van der Waals surface area contributed by atoms with E-state index in [1.54, 1.807) is 24.6 Å². The summed E-state index contributed by atoms with van der Waals surface area (Å²) >= 11 is 1.60. The molecule has 27 heavy (non-hydrogen) atoms. The molecule has 0 unspecified atom stereocenters. The van der Waals surface area contributed by atoms with Gasteiger partial charge in [-0.25, -0.2) is 15.0 Å². The van der Waals surface area contributed by atoms with E-state index in [1.165, 1.54) is 6.39 Å². The van der Waals surface area contributed by atoms with Gasteiger partial charge in [-0.2, -0.15) is 0 Å². The van der Waals surface area contributed by atoms with Crippen LogP contribution in [0, 0.1) is 6.92 Å². The van der Waals surface area contributed by atoms with Gasteiger partial charge in [0.1, 0.15) is 11.0 Å². The Morgan fingerprint density at radius 1 is 1.33 bits per heavy atom. The van der Waals surface area contributed by atoms with Gasteiger partial charge >= 0.3 is 0 Å². The highest BCUT2D eigenvalue weighted by molar-refractivity contribution is 7.18. The Bertz CT molecular complexity index is 1090. The van der Waals surface area contributed by atoms with Gasteiger partial charge in [-0.1, -0.05) is 12.1 Å². The van der Waals surface area contributed by atoms with Crippen LogP contribution in [0.1, 0.15) is 45.1 Å². The molecule has 7 nitrogen and oxygen atoms in total. The standard InChI is InChI=1S/C19H17N5O2S/c1-11-17(26-10-22-11)19(25)24-8-4-6-13-15(21-9-20-13)16(24)18-23-12-5-2-3-7-14(12)27-18/h2-3,5,7,9-10,16H,4,6,8H2,1H3,(H,20,21)/t16-/m0/s1. The molecule has 0 saturated carbocycles. The molecular formula is C19H17N5O2S. The maximum absolute atomic E-state index is 13.3. The van der Waals surface area contributed by atoms with Gasteiger partial charge in [0, 0.05) is 12.2 Å². The van der Waals surface area contributed by atoms with Crippen LogP contribution in [0.5, 0.6) is 0 Å². The number of aromatic amines is 1. The molecule has 0 radical (unpaired) electrons. The number of H-pyrrole nitrogens is 1. The minimum absolute atomic E-state index is 0.176. The number of aromatic nitrogens is 4. The Hall–Kier alpha value is -3.00. The predicted molar refractivity (Wildman–Crippen MR) is 101 cm³/mol. The summed E-state index contributed by atoms with van der Waals surface area (Å²) in [5.74, 6) is 0.102. The van der Waals surface area contributed by atoms with E-state index in [2.05, 4.69) is 15.0 Å². The second-order valence-electron chi connectivity index (χ2n) is 6.56. The second kappa shape index (κ2) is 6.31. The number of nitrogens with zero attached hydrogens (tertiary/aromatic N) is 4. The van der Waals surface area contributed by atoms with Crippen LogP contribution in [0.3, 0.4) is 0 Å². The monoisotopic (exact) mass is 379 g/mol. The Morgan fingerprint density at radius 3 is 3.04 bits per heavy atom. The van der Waals surface area contributed by atoms with E-state index >= 15 is 0 Å². The SMILES string of the molecule is Cc1ncoc1C(=O)N1CCCc2[nH]cnc2[C@H]1c1nc2ccccc2s1. The van der Waals surface area contributed by atoms with Crippen LogP contribution in [0.15, 0.2) is 41.4 Å². The normalized spacial score (nSPS) is 17.1. The lowest BCUT2D eigenvalue weighted by molar-refractivity contribution is 0.0673. The number of carbonyl (C=O) groups excluding carboxylic acids is 1. The molecule has 1 aromatic carbocycles. The van der Waals surface area contributed by atoms with E-state index in [4.69, 9.17) is 9.40 Å². The average Bonchev–Trinajstić information content (AvgIpc) is 3.38. The van der Waals surface area contributed by atoms with Crippen molar-refractivity contribution in [1.29, 1.82) is 0 Å². The number of aryl methyl sites for hydroxylation is 2. The molecule has 1 amide bonds. The van der Waals surface area contributed by atoms with E-state index in [1.807, 2.05) is 29.2 Å². The molecule has 0 fully saturated rings. The van der Waals surface area contributed by atoms with Crippen molar-refractivity contribution < 1.29 is 9.21 Å². The molecule has 3 aromatic heterocycles. The fourth-order valence-corrected chi connectivity index (χ4v) is 4.67. The van der Waals surface area contributed by atoms with E-state index in [9.17, 15) is 4.79 Å². The lowest BCUT2D eigenvalue weighted by Crippen LogP contribution is -2.36. The first-order chi connectivity index (χ1) is 13.2. The highest BCUT2D eigenvalue weighted by Crippen LogP contribution is 2.37. The maximum atomic E-state index is 13.3. The van der Waals surface area contributed by atoms with Crippen molar-refractivity contribution in [1.82, 2.24) is 24.8 Å². The first kappa shape index (κ1) is 16.2. The molecule has 0 saturated heterocycles. The lowest BCUT2D eigenvalue weighted by atomic mass is 10.1. The predicted octanol–water partition coefficient (Wildman–Crippen LogP) is 3.49. The summed E-state index contributed by atoms with van der Waals surface area (Å²) in [6.07, 6.45) is 4.69. The number of para-hydroxylation sites is 1. The van der Waals surface area contributed by atoms with Crippen LogP contribution in [0.4, 0.5) is 0 Å². The fraction of sp³-hybridized carbons (Fsp3) is 0.263. The summed E-state index contributed by atoms with van der Waals surface area (Å²) in [6.45, 7) is 2.38. The molecular weight excluding hydrogens is 362 g/mol. The molecule has 0 aliphatic carbocycles. The minimum atomic E-state index is -0.344.